The lowest BCUT2D eigenvalue weighted by Crippen LogP contribution is -2.39. The van der Waals surface area contributed by atoms with Gasteiger partial charge in [-0.25, -0.2) is 0 Å². The standard InChI is InChI=1S/C14H18BrCl2NO/c1-8(9-5-6-10(16)11(17)7-9)18-13(19)12(15)14(2,3)4/h5-8,12H,1-4H3,(H,18,19). The number of carbonyl (C=O) groups is 1. The van der Waals surface area contributed by atoms with Gasteiger partial charge in [0.2, 0.25) is 5.91 Å². The van der Waals surface area contributed by atoms with Crippen LogP contribution in [0.4, 0.5) is 0 Å². The summed E-state index contributed by atoms with van der Waals surface area (Å²) in [6.07, 6.45) is 0. The maximum atomic E-state index is 12.1. The summed E-state index contributed by atoms with van der Waals surface area (Å²) in [7, 11) is 0. The van der Waals surface area contributed by atoms with E-state index in [1.807, 2.05) is 33.8 Å². The van der Waals surface area contributed by atoms with E-state index in [9.17, 15) is 4.79 Å². The summed E-state index contributed by atoms with van der Waals surface area (Å²) in [5.41, 5.74) is 0.790. The zero-order valence-corrected chi connectivity index (χ0v) is 14.5. The fourth-order valence-electron chi connectivity index (χ4n) is 1.54. The summed E-state index contributed by atoms with van der Waals surface area (Å²) < 4.78 is 0. The van der Waals surface area contributed by atoms with Crippen molar-refractivity contribution in [3.63, 3.8) is 0 Å². The molecule has 0 aliphatic heterocycles. The van der Waals surface area contributed by atoms with E-state index in [0.717, 1.165) is 5.56 Å². The van der Waals surface area contributed by atoms with Gasteiger partial charge >= 0.3 is 0 Å². The third-order valence-electron chi connectivity index (χ3n) is 2.79. The lowest BCUT2D eigenvalue weighted by atomic mass is 9.91. The van der Waals surface area contributed by atoms with Gasteiger partial charge in [-0.05, 0) is 30.0 Å². The van der Waals surface area contributed by atoms with E-state index in [2.05, 4.69) is 21.2 Å². The molecule has 1 aromatic carbocycles. The largest absolute Gasteiger partial charge is 0.349 e. The van der Waals surface area contributed by atoms with E-state index >= 15 is 0 Å². The molecule has 0 fully saturated rings. The van der Waals surface area contributed by atoms with E-state index < -0.39 is 0 Å². The van der Waals surface area contributed by atoms with Gasteiger partial charge in [0.25, 0.3) is 0 Å². The van der Waals surface area contributed by atoms with Crippen molar-refractivity contribution in [1.29, 1.82) is 0 Å². The Bertz CT molecular complexity index is 471. The van der Waals surface area contributed by atoms with Crippen LogP contribution in [0.25, 0.3) is 0 Å². The first-order valence-corrected chi connectivity index (χ1v) is 7.69. The maximum absolute atomic E-state index is 12.1. The Balaban J connectivity index is 2.77. The van der Waals surface area contributed by atoms with E-state index in [-0.39, 0.29) is 22.2 Å². The van der Waals surface area contributed by atoms with Crippen molar-refractivity contribution in [2.24, 2.45) is 5.41 Å². The Kier molecular flexibility index (Phi) is 5.72. The van der Waals surface area contributed by atoms with Gasteiger partial charge in [-0.15, -0.1) is 0 Å². The third-order valence-corrected chi connectivity index (χ3v) is 5.32. The highest BCUT2D eigenvalue weighted by Crippen LogP contribution is 2.28. The second-order valence-corrected chi connectivity index (χ2v) is 7.36. The fourth-order valence-corrected chi connectivity index (χ4v) is 1.98. The van der Waals surface area contributed by atoms with E-state index in [0.29, 0.717) is 10.0 Å². The summed E-state index contributed by atoms with van der Waals surface area (Å²) >= 11 is 15.3. The van der Waals surface area contributed by atoms with Crippen molar-refractivity contribution in [3.05, 3.63) is 33.8 Å². The minimum Gasteiger partial charge on any atom is -0.349 e. The van der Waals surface area contributed by atoms with Gasteiger partial charge in [0.15, 0.2) is 0 Å². The van der Waals surface area contributed by atoms with Crippen LogP contribution in [0.3, 0.4) is 0 Å². The Labute approximate surface area is 133 Å². The summed E-state index contributed by atoms with van der Waals surface area (Å²) in [5.74, 6) is -0.0360. The van der Waals surface area contributed by atoms with Crippen molar-refractivity contribution in [2.45, 2.75) is 38.6 Å². The van der Waals surface area contributed by atoms with E-state index in [1.54, 1.807) is 12.1 Å². The Morgan fingerprint density at radius 3 is 2.32 bits per heavy atom. The number of hydrogen-bond acceptors (Lipinski definition) is 1. The molecule has 19 heavy (non-hydrogen) atoms. The molecule has 2 unspecified atom stereocenters. The van der Waals surface area contributed by atoms with Crippen molar-refractivity contribution in [3.8, 4) is 0 Å². The smallest absolute Gasteiger partial charge is 0.234 e. The number of benzene rings is 1. The molecule has 0 aliphatic rings. The molecule has 0 bridgehead atoms. The van der Waals surface area contributed by atoms with Crippen LogP contribution in [0.1, 0.15) is 39.3 Å². The molecular formula is C14H18BrCl2NO. The molecule has 0 spiro atoms. The molecule has 1 N–H and O–H groups in total. The normalized spacial score (nSPS) is 14.9. The number of halogens is 3. The molecule has 0 heterocycles. The van der Waals surface area contributed by atoms with Gasteiger partial charge in [0, 0.05) is 0 Å². The third kappa shape index (κ3) is 4.66. The van der Waals surface area contributed by atoms with Crippen LogP contribution in [0.5, 0.6) is 0 Å². The zero-order valence-electron chi connectivity index (χ0n) is 11.4. The SMILES string of the molecule is CC(NC(=O)C(Br)C(C)(C)C)c1ccc(Cl)c(Cl)c1. The first-order valence-electron chi connectivity index (χ1n) is 6.02. The van der Waals surface area contributed by atoms with Crippen LogP contribution >= 0.6 is 39.1 Å². The van der Waals surface area contributed by atoms with Crippen molar-refractivity contribution in [2.75, 3.05) is 0 Å². The number of amides is 1. The van der Waals surface area contributed by atoms with Crippen LogP contribution < -0.4 is 5.32 Å². The molecule has 106 valence electrons. The predicted octanol–water partition coefficient (Wildman–Crippen LogP) is 4.98. The van der Waals surface area contributed by atoms with Crippen LogP contribution in [0.2, 0.25) is 10.0 Å². The Morgan fingerprint density at radius 1 is 1.26 bits per heavy atom. The fraction of sp³-hybridized carbons (Fsp3) is 0.500. The zero-order chi connectivity index (χ0) is 14.8. The lowest BCUT2D eigenvalue weighted by Gasteiger charge is -2.26. The quantitative estimate of drug-likeness (QED) is 0.751. The highest BCUT2D eigenvalue weighted by molar-refractivity contribution is 9.10. The van der Waals surface area contributed by atoms with Gasteiger partial charge in [-0.2, -0.15) is 0 Å². The first kappa shape index (κ1) is 16.8. The van der Waals surface area contributed by atoms with Gasteiger partial charge in [0.05, 0.1) is 20.9 Å². The molecule has 0 aromatic heterocycles. The molecule has 5 heteroatoms. The number of carbonyl (C=O) groups excluding carboxylic acids is 1. The number of alkyl halides is 1. The van der Waals surface area contributed by atoms with Crippen LogP contribution in [-0.4, -0.2) is 10.7 Å². The molecule has 1 aromatic rings. The molecule has 2 nitrogen and oxygen atoms in total. The lowest BCUT2D eigenvalue weighted by molar-refractivity contribution is -0.122. The highest BCUT2D eigenvalue weighted by Gasteiger charge is 2.29. The van der Waals surface area contributed by atoms with Gasteiger partial charge in [-0.3, -0.25) is 4.79 Å². The van der Waals surface area contributed by atoms with Gasteiger partial charge in [0.1, 0.15) is 0 Å². The highest BCUT2D eigenvalue weighted by atomic mass is 79.9. The number of nitrogens with one attached hydrogen (secondary N) is 1. The topological polar surface area (TPSA) is 29.1 Å². The average Bonchev–Trinajstić information content (AvgIpc) is 2.30. The van der Waals surface area contributed by atoms with Crippen molar-refractivity contribution in [1.82, 2.24) is 5.32 Å². The van der Waals surface area contributed by atoms with Crippen LogP contribution in [-0.2, 0) is 4.79 Å². The van der Waals surface area contributed by atoms with Gasteiger partial charge in [-0.1, -0.05) is 66.0 Å². The molecular weight excluding hydrogens is 349 g/mol. The molecule has 1 rings (SSSR count). The molecule has 0 saturated heterocycles. The Morgan fingerprint density at radius 2 is 1.84 bits per heavy atom. The molecule has 1 amide bonds. The molecule has 0 radical (unpaired) electrons. The molecule has 0 saturated carbocycles. The second kappa shape index (κ2) is 6.47. The second-order valence-electron chi connectivity index (χ2n) is 5.63. The van der Waals surface area contributed by atoms with E-state index in [4.69, 9.17) is 23.2 Å². The number of hydrogen-bond donors (Lipinski definition) is 1. The first-order chi connectivity index (χ1) is 8.62. The maximum Gasteiger partial charge on any atom is 0.234 e. The van der Waals surface area contributed by atoms with Crippen LogP contribution in [0, 0.1) is 5.41 Å². The number of rotatable bonds is 3. The minimum atomic E-state index is -0.245. The molecule has 0 aliphatic carbocycles. The van der Waals surface area contributed by atoms with Crippen LogP contribution in [0.15, 0.2) is 18.2 Å². The summed E-state index contributed by atoms with van der Waals surface area (Å²) in [6.45, 7) is 7.95. The molecule has 2 atom stereocenters. The minimum absolute atomic E-state index is 0.0360. The average molecular weight is 367 g/mol. The Hall–Kier alpha value is -0.250. The summed E-state index contributed by atoms with van der Waals surface area (Å²) in [5, 5.41) is 3.96. The van der Waals surface area contributed by atoms with E-state index in [1.165, 1.54) is 0 Å². The summed E-state index contributed by atoms with van der Waals surface area (Å²) in [4.78, 5) is 11.9. The van der Waals surface area contributed by atoms with Crippen molar-refractivity contribution >= 4 is 45.0 Å². The van der Waals surface area contributed by atoms with Crippen molar-refractivity contribution < 1.29 is 4.79 Å². The predicted molar refractivity (Wildman–Crippen MR) is 85.2 cm³/mol. The summed E-state index contributed by atoms with van der Waals surface area (Å²) in [6, 6.07) is 5.25. The monoisotopic (exact) mass is 365 g/mol. The van der Waals surface area contributed by atoms with Gasteiger partial charge < -0.3 is 5.32 Å².